The highest BCUT2D eigenvalue weighted by atomic mass is 32.1. The summed E-state index contributed by atoms with van der Waals surface area (Å²) < 4.78 is 0. The molecule has 2 aliphatic heterocycles. The highest BCUT2D eigenvalue weighted by molar-refractivity contribution is 7.80. The van der Waals surface area contributed by atoms with Crippen LogP contribution in [0.4, 0.5) is 5.82 Å². The van der Waals surface area contributed by atoms with Crippen LogP contribution in [0, 0.1) is 0 Å². The molecular weight excluding hydrogens is 244 g/mol. The molecule has 0 aromatic carbocycles. The molecule has 1 aromatic rings. The fourth-order valence-electron chi connectivity index (χ4n) is 3.07. The Bertz CT molecular complexity index is 445. The average molecular weight is 262 g/mol. The van der Waals surface area contributed by atoms with E-state index >= 15 is 0 Å². The molecule has 4 nitrogen and oxygen atoms in total. The minimum atomic E-state index is 0.400. The molecule has 2 unspecified atom stereocenters. The number of nitrogens with two attached hydrogens (primary N) is 1. The van der Waals surface area contributed by atoms with Gasteiger partial charge in [-0.3, -0.25) is 4.90 Å². The molecule has 0 radical (unpaired) electrons. The van der Waals surface area contributed by atoms with Crippen molar-refractivity contribution < 1.29 is 0 Å². The SMILES string of the molecule is NC(=S)c1ccc(NC2CCN3CCCC23)nc1. The van der Waals surface area contributed by atoms with Crippen LogP contribution in [0.15, 0.2) is 18.3 Å². The van der Waals surface area contributed by atoms with Gasteiger partial charge in [-0.1, -0.05) is 12.2 Å². The molecule has 0 aliphatic carbocycles. The molecule has 2 fully saturated rings. The van der Waals surface area contributed by atoms with Gasteiger partial charge in [0.25, 0.3) is 0 Å². The molecule has 96 valence electrons. The van der Waals surface area contributed by atoms with Gasteiger partial charge < -0.3 is 11.1 Å². The van der Waals surface area contributed by atoms with Crippen LogP contribution in [0.2, 0.25) is 0 Å². The summed E-state index contributed by atoms with van der Waals surface area (Å²) >= 11 is 4.92. The van der Waals surface area contributed by atoms with Gasteiger partial charge in [-0.15, -0.1) is 0 Å². The highest BCUT2D eigenvalue weighted by Crippen LogP contribution is 2.29. The van der Waals surface area contributed by atoms with Crippen molar-refractivity contribution in [2.45, 2.75) is 31.3 Å². The molecule has 18 heavy (non-hydrogen) atoms. The molecule has 2 aliphatic rings. The molecule has 2 atom stereocenters. The third kappa shape index (κ3) is 2.20. The van der Waals surface area contributed by atoms with E-state index < -0.39 is 0 Å². The van der Waals surface area contributed by atoms with Crippen LogP contribution in [0.3, 0.4) is 0 Å². The van der Waals surface area contributed by atoms with Crippen LogP contribution >= 0.6 is 12.2 Å². The maximum Gasteiger partial charge on any atom is 0.126 e. The molecule has 2 saturated heterocycles. The van der Waals surface area contributed by atoms with Crippen molar-refractivity contribution in [1.29, 1.82) is 0 Å². The number of nitrogens with one attached hydrogen (secondary N) is 1. The molecule has 0 bridgehead atoms. The fraction of sp³-hybridized carbons (Fsp3) is 0.538. The van der Waals surface area contributed by atoms with E-state index in [1.54, 1.807) is 6.20 Å². The average Bonchev–Trinajstić information content (AvgIpc) is 2.95. The maximum absolute atomic E-state index is 5.56. The van der Waals surface area contributed by atoms with Crippen molar-refractivity contribution in [3.63, 3.8) is 0 Å². The molecule has 5 heteroatoms. The summed E-state index contributed by atoms with van der Waals surface area (Å²) in [6.45, 7) is 2.48. The second-order valence-corrected chi connectivity index (χ2v) is 5.52. The Balaban J connectivity index is 1.67. The molecule has 0 spiro atoms. The van der Waals surface area contributed by atoms with E-state index in [0.717, 1.165) is 11.4 Å². The third-order valence-electron chi connectivity index (χ3n) is 3.99. The number of hydrogen-bond donors (Lipinski definition) is 2. The second kappa shape index (κ2) is 4.82. The van der Waals surface area contributed by atoms with E-state index in [0.29, 0.717) is 17.1 Å². The predicted octanol–water partition coefficient (Wildman–Crippen LogP) is 1.36. The zero-order valence-electron chi connectivity index (χ0n) is 10.3. The van der Waals surface area contributed by atoms with Gasteiger partial charge in [0.1, 0.15) is 10.8 Å². The first-order chi connectivity index (χ1) is 8.74. The van der Waals surface area contributed by atoms with Gasteiger partial charge in [0.2, 0.25) is 0 Å². The summed E-state index contributed by atoms with van der Waals surface area (Å²) in [5.41, 5.74) is 6.39. The van der Waals surface area contributed by atoms with Gasteiger partial charge in [0.05, 0.1) is 0 Å². The van der Waals surface area contributed by atoms with Crippen molar-refractivity contribution in [3.05, 3.63) is 23.9 Å². The summed E-state index contributed by atoms with van der Waals surface area (Å²) in [5, 5.41) is 3.54. The third-order valence-corrected chi connectivity index (χ3v) is 4.22. The number of aromatic nitrogens is 1. The lowest BCUT2D eigenvalue weighted by Crippen LogP contribution is -2.34. The van der Waals surface area contributed by atoms with Gasteiger partial charge in [0.15, 0.2) is 0 Å². The molecule has 0 amide bonds. The van der Waals surface area contributed by atoms with Crippen molar-refractivity contribution in [3.8, 4) is 0 Å². The van der Waals surface area contributed by atoms with Gasteiger partial charge in [0, 0.05) is 30.4 Å². The summed E-state index contributed by atoms with van der Waals surface area (Å²) in [4.78, 5) is 7.36. The summed E-state index contributed by atoms with van der Waals surface area (Å²) in [6, 6.07) is 5.13. The Kier molecular flexibility index (Phi) is 3.18. The van der Waals surface area contributed by atoms with Crippen LogP contribution in [-0.2, 0) is 0 Å². The molecule has 1 aromatic heterocycles. The van der Waals surface area contributed by atoms with E-state index in [1.165, 1.54) is 32.4 Å². The van der Waals surface area contributed by atoms with Crippen LogP contribution in [0.25, 0.3) is 0 Å². The summed E-state index contributed by atoms with van der Waals surface area (Å²) in [5.74, 6) is 0.925. The normalized spacial score (nSPS) is 27.1. The van der Waals surface area contributed by atoms with Crippen molar-refractivity contribution >= 4 is 23.0 Å². The zero-order chi connectivity index (χ0) is 12.5. The number of nitrogens with zero attached hydrogens (tertiary/aromatic N) is 2. The topological polar surface area (TPSA) is 54.2 Å². The first kappa shape index (κ1) is 11.9. The zero-order valence-corrected chi connectivity index (χ0v) is 11.1. The lowest BCUT2D eigenvalue weighted by Gasteiger charge is -2.21. The van der Waals surface area contributed by atoms with E-state index in [1.807, 2.05) is 12.1 Å². The van der Waals surface area contributed by atoms with Gasteiger partial charge in [-0.05, 0) is 37.9 Å². The Hall–Kier alpha value is -1.20. The Morgan fingerprint density at radius 2 is 2.28 bits per heavy atom. The second-order valence-electron chi connectivity index (χ2n) is 5.08. The first-order valence-corrected chi connectivity index (χ1v) is 6.91. The van der Waals surface area contributed by atoms with Gasteiger partial charge in [-0.2, -0.15) is 0 Å². The van der Waals surface area contributed by atoms with Crippen molar-refractivity contribution in [2.24, 2.45) is 5.73 Å². The van der Waals surface area contributed by atoms with Crippen LogP contribution < -0.4 is 11.1 Å². The van der Waals surface area contributed by atoms with Crippen molar-refractivity contribution in [1.82, 2.24) is 9.88 Å². The minimum absolute atomic E-state index is 0.400. The van der Waals surface area contributed by atoms with E-state index in [2.05, 4.69) is 15.2 Å². The van der Waals surface area contributed by atoms with Crippen LogP contribution in [-0.4, -0.2) is 40.0 Å². The Morgan fingerprint density at radius 3 is 3.00 bits per heavy atom. The maximum atomic E-state index is 5.56. The molecule has 3 rings (SSSR count). The fourth-order valence-corrected chi connectivity index (χ4v) is 3.19. The van der Waals surface area contributed by atoms with E-state index in [9.17, 15) is 0 Å². The number of pyridine rings is 1. The first-order valence-electron chi connectivity index (χ1n) is 6.50. The summed E-state index contributed by atoms with van der Waals surface area (Å²) in [6.07, 6.45) is 5.59. The monoisotopic (exact) mass is 262 g/mol. The number of fused-ring (bicyclic) bond motifs is 1. The minimum Gasteiger partial charge on any atom is -0.389 e. The highest BCUT2D eigenvalue weighted by Gasteiger charge is 2.37. The molecule has 3 N–H and O–H groups in total. The van der Waals surface area contributed by atoms with Crippen LogP contribution in [0.1, 0.15) is 24.8 Å². The summed E-state index contributed by atoms with van der Waals surface area (Å²) in [7, 11) is 0. The van der Waals surface area contributed by atoms with Gasteiger partial charge in [-0.25, -0.2) is 4.98 Å². The number of rotatable bonds is 3. The smallest absolute Gasteiger partial charge is 0.126 e. The molecule has 0 saturated carbocycles. The molecule has 3 heterocycles. The predicted molar refractivity (Wildman–Crippen MR) is 76.7 cm³/mol. The lowest BCUT2D eigenvalue weighted by molar-refractivity contribution is 0.318. The number of anilines is 1. The van der Waals surface area contributed by atoms with Crippen LogP contribution in [0.5, 0.6) is 0 Å². The van der Waals surface area contributed by atoms with E-state index in [4.69, 9.17) is 18.0 Å². The largest absolute Gasteiger partial charge is 0.389 e. The lowest BCUT2D eigenvalue weighted by atomic mass is 10.1. The number of hydrogen-bond acceptors (Lipinski definition) is 4. The van der Waals surface area contributed by atoms with Gasteiger partial charge >= 0.3 is 0 Å². The Morgan fingerprint density at radius 1 is 1.39 bits per heavy atom. The molecular formula is C13H18N4S. The standard InChI is InChI=1S/C13H18N4S/c14-13(18)9-3-4-12(15-8-9)16-10-5-7-17-6-1-2-11(10)17/h3-4,8,10-11H,1-2,5-7H2,(H2,14,18)(H,15,16). The van der Waals surface area contributed by atoms with Crippen molar-refractivity contribution in [2.75, 3.05) is 18.4 Å². The number of thiocarbonyl (C=S) groups is 1. The quantitative estimate of drug-likeness (QED) is 0.806. The van der Waals surface area contributed by atoms with E-state index in [-0.39, 0.29) is 0 Å². The Labute approximate surface area is 113 Å².